The maximum Gasteiger partial charge on any atom is 0.0468 e. The van der Waals surface area contributed by atoms with Crippen LogP contribution in [0.1, 0.15) is 0 Å². The van der Waals surface area contributed by atoms with E-state index in [1.165, 1.54) is 85.5 Å². The van der Waals surface area contributed by atoms with Gasteiger partial charge in [0.2, 0.25) is 0 Å². The highest BCUT2D eigenvalue weighted by molar-refractivity contribution is 7.25. The zero-order valence-electron chi connectivity index (χ0n) is 29.4. The van der Waals surface area contributed by atoms with E-state index in [1.54, 1.807) is 0 Å². The third kappa shape index (κ3) is 4.99. The Labute approximate surface area is 317 Å². The SMILES string of the molecule is c1cc(-c2cccc3ccccc23)cc(N(c2ccc(-c3ccc4c(c3)sc3ccccc34)cc2)c2ccc3c4ccccc4c4ccccc4c3c2)c1. The number of nitrogens with zero attached hydrogens (tertiary/aromatic N) is 1. The van der Waals surface area contributed by atoms with Crippen LogP contribution in [0.2, 0.25) is 0 Å². The third-order valence-corrected chi connectivity index (χ3v) is 12.2. The number of anilines is 3. The lowest BCUT2D eigenvalue weighted by Gasteiger charge is -2.27. The topological polar surface area (TPSA) is 3.24 Å². The number of hydrogen-bond acceptors (Lipinski definition) is 2. The van der Waals surface area contributed by atoms with Crippen molar-refractivity contribution in [3.63, 3.8) is 0 Å². The first-order valence-corrected chi connectivity index (χ1v) is 19.3. The van der Waals surface area contributed by atoms with Gasteiger partial charge in [0.15, 0.2) is 0 Å². The maximum absolute atomic E-state index is 2.41. The molecule has 252 valence electrons. The number of fused-ring (bicyclic) bond motifs is 10. The van der Waals surface area contributed by atoms with Crippen molar-refractivity contribution in [2.45, 2.75) is 0 Å². The second kappa shape index (κ2) is 12.4. The molecule has 0 fully saturated rings. The van der Waals surface area contributed by atoms with E-state index in [2.05, 4.69) is 205 Å². The van der Waals surface area contributed by atoms with Gasteiger partial charge in [-0.2, -0.15) is 0 Å². The van der Waals surface area contributed by atoms with E-state index in [9.17, 15) is 0 Å². The Kier molecular flexibility index (Phi) is 7.11. The molecule has 1 aromatic heterocycles. The second-order valence-electron chi connectivity index (χ2n) is 14.1. The highest BCUT2D eigenvalue weighted by atomic mass is 32.1. The maximum atomic E-state index is 2.41. The third-order valence-electron chi connectivity index (χ3n) is 11.0. The van der Waals surface area contributed by atoms with Gasteiger partial charge in [0.05, 0.1) is 0 Å². The minimum Gasteiger partial charge on any atom is -0.310 e. The molecule has 0 spiro atoms. The number of hydrogen-bond donors (Lipinski definition) is 0. The van der Waals surface area contributed by atoms with Crippen LogP contribution in [0.5, 0.6) is 0 Å². The fraction of sp³-hybridized carbons (Fsp3) is 0. The van der Waals surface area contributed by atoms with Gasteiger partial charge in [-0.1, -0.05) is 152 Å². The summed E-state index contributed by atoms with van der Waals surface area (Å²) in [4.78, 5) is 2.41. The second-order valence-corrected chi connectivity index (χ2v) is 15.2. The molecule has 2 heteroatoms. The van der Waals surface area contributed by atoms with Crippen molar-refractivity contribution in [3.8, 4) is 22.3 Å². The molecule has 0 bridgehead atoms. The number of rotatable bonds is 5. The van der Waals surface area contributed by atoms with Crippen molar-refractivity contribution in [1.29, 1.82) is 0 Å². The van der Waals surface area contributed by atoms with Crippen molar-refractivity contribution in [2.75, 3.05) is 4.90 Å². The molecule has 10 aromatic carbocycles. The lowest BCUT2D eigenvalue weighted by Crippen LogP contribution is -2.10. The largest absolute Gasteiger partial charge is 0.310 e. The summed E-state index contributed by atoms with van der Waals surface area (Å²) in [5.74, 6) is 0. The first kappa shape index (κ1) is 30.8. The van der Waals surface area contributed by atoms with Crippen LogP contribution in [-0.2, 0) is 0 Å². The molecule has 0 aliphatic rings. The fourth-order valence-corrected chi connectivity index (χ4v) is 9.63. The summed E-state index contributed by atoms with van der Waals surface area (Å²) in [5.41, 5.74) is 8.22. The van der Waals surface area contributed by atoms with Crippen molar-refractivity contribution in [2.24, 2.45) is 0 Å². The highest BCUT2D eigenvalue weighted by Gasteiger charge is 2.17. The molecule has 0 aliphatic carbocycles. The van der Waals surface area contributed by atoms with Crippen LogP contribution in [0.15, 0.2) is 200 Å². The van der Waals surface area contributed by atoms with E-state index in [1.807, 2.05) is 11.3 Å². The summed E-state index contributed by atoms with van der Waals surface area (Å²) in [6.45, 7) is 0. The van der Waals surface area contributed by atoms with E-state index >= 15 is 0 Å². The van der Waals surface area contributed by atoms with E-state index < -0.39 is 0 Å². The molecule has 11 aromatic rings. The van der Waals surface area contributed by atoms with Gasteiger partial charge in [0.25, 0.3) is 0 Å². The lowest BCUT2D eigenvalue weighted by atomic mass is 9.94. The first-order chi connectivity index (χ1) is 26.8. The molecule has 1 heterocycles. The fourth-order valence-electron chi connectivity index (χ4n) is 8.48. The molecule has 0 radical (unpaired) electrons. The first-order valence-electron chi connectivity index (χ1n) is 18.5. The summed E-state index contributed by atoms with van der Waals surface area (Å²) in [7, 11) is 0. The predicted molar refractivity (Wildman–Crippen MR) is 235 cm³/mol. The standard InChI is InChI=1S/C52H33NS/c1-2-15-41-35(11-1)12-10-21-42(41)37-13-9-14-39(31-37)53(40-28-30-47-45-18-4-3-16-43(45)44-17-5-6-19-46(44)50(47)33-40)38-26-23-34(24-27-38)36-25-29-49-48-20-7-8-22-51(48)54-52(49)32-36/h1-33H. The molecule has 1 nitrogen and oxygen atoms in total. The predicted octanol–water partition coefficient (Wildman–Crippen LogP) is 15.5. The number of benzene rings is 10. The number of thiophene rings is 1. The van der Waals surface area contributed by atoms with Crippen molar-refractivity contribution < 1.29 is 0 Å². The van der Waals surface area contributed by atoms with Gasteiger partial charge in [0, 0.05) is 37.2 Å². The Hall–Kier alpha value is -6.74. The van der Waals surface area contributed by atoms with E-state index in [4.69, 9.17) is 0 Å². The molecule has 0 amide bonds. The Balaban J connectivity index is 1.09. The monoisotopic (exact) mass is 703 g/mol. The highest BCUT2D eigenvalue weighted by Crippen LogP contribution is 2.43. The molecule has 0 atom stereocenters. The van der Waals surface area contributed by atoms with Crippen LogP contribution in [0.4, 0.5) is 17.1 Å². The van der Waals surface area contributed by atoms with Gasteiger partial charge in [-0.05, 0) is 114 Å². The van der Waals surface area contributed by atoms with Gasteiger partial charge in [-0.15, -0.1) is 11.3 Å². The van der Waals surface area contributed by atoms with Crippen LogP contribution < -0.4 is 4.90 Å². The normalized spacial score (nSPS) is 11.7. The average Bonchev–Trinajstić information content (AvgIpc) is 3.62. The molecular weight excluding hydrogens is 671 g/mol. The summed E-state index contributed by atoms with van der Waals surface area (Å²) in [6.07, 6.45) is 0. The molecule has 0 saturated carbocycles. The van der Waals surface area contributed by atoms with Crippen LogP contribution in [-0.4, -0.2) is 0 Å². The molecule has 0 aliphatic heterocycles. The Morgan fingerprint density at radius 2 is 0.815 bits per heavy atom. The lowest BCUT2D eigenvalue weighted by molar-refractivity contribution is 1.29. The Morgan fingerprint density at radius 1 is 0.278 bits per heavy atom. The Morgan fingerprint density at radius 3 is 1.59 bits per heavy atom. The summed E-state index contributed by atoms with van der Waals surface area (Å²) in [6, 6.07) is 73.6. The summed E-state index contributed by atoms with van der Waals surface area (Å²) in [5, 5.41) is 12.8. The van der Waals surface area contributed by atoms with Crippen LogP contribution in [0.25, 0.3) is 85.5 Å². The van der Waals surface area contributed by atoms with Gasteiger partial charge in [0.1, 0.15) is 0 Å². The molecular formula is C52H33NS. The minimum atomic E-state index is 1.11. The molecule has 0 N–H and O–H groups in total. The minimum absolute atomic E-state index is 1.11. The zero-order chi connectivity index (χ0) is 35.6. The molecule has 11 rings (SSSR count). The van der Waals surface area contributed by atoms with E-state index in [-0.39, 0.29) is 0 Å². The summed E-state index contributed by atoms with van der Waals surface area (Å²) < 4.78 is 2.65. The molecule has 0 unspecified atom stereocenters. The zero-order valence-corrected chi connectivity index (χ0v) is 30.2. The van der Waals surface area contributed by atoms with Crippen molar-refractivity contribution in [1.82, 2.24) is 0 Å². The van der Waals surface area contributed by atoms with Crippen molar-refractivity contribution in [3.05, 3.63) is 200 Å². The van der Waals surface area contributed by atoms with Crippen LogP contribution >= 0.6 is 11.3 Å². The molecule has 0 saturated heterocycles. The van der Waals surface area contributed by atoms with Gasteiger partial charge >= 0.3 is 0 Å². The Bertz CT molecular complexity index is 3190. The van der Waals surface area contributed by atoms with E-state index in [0.29, 0.717) is 0 Å². The smallest absolute Gasteiger partial charge is 0.0468 e. The average molecular weight is 704 g/mol. The van der Waals surface area contributed by atoms with Crippen LogP contribution in [0, 0.1) is 0 Å². The van der Waals surface area contributed by atoms with Crippen LogP contribution in [0.3, 0.4) is 0 Å². The quantitative estimate of drug-likeness (QED) is 0.161. The van der Waals surface area contributed by atoms with Gasteiger partial charge in [-0.3, -0.25) is 0 Å². The summed E-state index contributed by atoms with van der Waals surface area (Å²) >= 11 is 1.87. The van der Waals surface area contributed by atoms with Gasteiger partial charge < -0.3 is 4.90 Å². The van der Waals surface area contributed by atoms with E-state index in [0.717, 1.165) is 17.1 Å². The van der Waals surface area contributed by atoms with Gasteiger partial charge in [-0.25, -0.2) is 0 Å². The van der Waals surface area contributed by atoms with Crippen molar-refractivity contribution >= 4 is 91.7 Å². The molecule has 54 heavy (non-hydrogen) atoms.